The van der Waals surface area contributed by atoms with Gasteiger partial charge in [-0.2, -0.15) is 0 Å². The SMILES string of the molecule is Cc1ccc(S(=O)(=O)NC2CC(N(CC(=O)O)CC3CC3)C2)cc1Cl. The maximum Gasteiger partial charge on any atom is 0.317 e. The zero-order chi connectivity index (χ0) is 18.2. The Morgan fingerprint density at radius 2 is 2.04 bits per heavy atom. The molecule has 0 bridgehead atoms. The first-order valence-corrected chi connectivity index (χ1v) is 10.3. The zero-order valence-electron chi connectivity index (χ0n) is 14.1. The molecular weight excluding hydrogens is 364 g/mol. The topological polar surface area (TPSA) is 86.7 Å². The third kappa shape index (κ3) is 4.73. The molecule has 2 fully saturated rings. The van der Waals surface area contributed by atoms with E-state index in [4.69, 9.17) is 16.7 Å². The van der Waals surface area contributed by atoms with E-state index in [1.54, 1.807) is 12.1 Å². The Kier molecular flexibility index (Phi) is 5.39. The number of nitrogens with one attached hydrogen (secondary N) is 1. The Morgan fingerprint density at radius 1 is 1.36 bits per heavy atom. The monoisotopic (exact) mass is 386 g/mol. The number of carbonyl (C=O) groups is 1. The van der Waals surface area contributed by atoms with Crippen molar-refractivity contribution >= 4 is 27.6 Å². The van der Waals surface area contributed by atoms with Crippen LogP contribution in [-0.2, 0) is 14.8 Å². The molecule has 0 unspecified atom stereocenters. The van der Waals surface area contributed by atoms with Crippen molar-refractivity contribution in [3.63, 3.8) is 0 Å². The summed E-state index contributed by atoms with van der Waals surface area (Å²) in [6.07, 6.45) is 3.60. The van der Waals surface area contributed by atoms with Crippen LogP contribution in [0, 0.1) is 12.8 Å². The number of nitrogens with zero attached hydrogens (tertiary/aromatic N) is 1. The van der Waals surface area contributed by atoms with Gasteiger partial charge in [-0.1, -0.05) is 17.7 Å². The molecule has 0 aromatic heterocycles. The van der Waals surface area contributed by atoms with Crippen LogP contribution < -0.4 is 4.72 Å². The highest BCUT2D eigenvalue weighted by atomic mass is 35.5. The minimum absolute atomic E-state index is 0.0220. The summed E-state index contributed by atoms with van der Waals surface area (Å²) in [7, 11) is -3.61. The third-order valence-electron chi connectivity index (χ3n) is 4.93. The van der Waals surface area contributed by atoms with Crippen LogP contribution in [0.25, 0.3) is 0 Å². The molecule has 2 N–H and O–H groups in total. The molecule has 0 aliphatic heterocycles. The van der Waals surface area contributed by atoms with Crippen molar-refractivity contribution in [1.82, 2.24) is 9.62 Å². The number of rotatable bonds is 8. The quantitative estimate of drug-likeness (QED) is 0.715. The second-order valence-electron chi connectivity index (χ2n) is 7.12. The molecule has 8 heteroatoms. The largest absolute Gasteiger partial charge is 0.480 e. The lowest BCUT2D eigenvalue weighted by Crippen LogP contribution is -2.55. The molecule has 1 aromatic carbocycles. The van der Waals surface area contributed by atoms with E-state index in [0.717, 1.165) is 24.9 Å². The number of halogens is 1. The molecule has 138 valence electrons. The van der Waals surface area contributed by atoms with Gasteiger partial charge in [0.25, 0.3) is 0 Å². The summed E-state index contributed by atoms with van der Waals surface area (Å²) in [6.45, 7) is 2.64. The van der Waals surface area contributed by atoms with E-state index < -0.39 is 16.0 Å². The Labute approximate surface area is 153 Å². The fourth-order valence-electron chi connectivity index (χ4n) is 3.16. The van der Waals surface area contributed by atoms with E-state index in [1.165, 1.54) is 6.07 Å². The first-order chi connectivity index (χ1) is 11.7. The number of hydrogen-bond acceptors (Lipinski definition) is 4. The van der Waals surface area contributed by atoms with Gasteiger partial charge in [0, 0.05) is 23.7 Å². The highest BCUT2D eigenvalue weighted by molar-refractivity contribution is 7.89. The molecule has 0 atom stereocenters. The average Bonchev–Trinajstić information content (AvgIpc) is 3.28. The van der Waals surface area contributed by atoms with E-state index in [-0.39, 0.29) is 23.5 Å². The van der Waals surface area contributed by atoms with Crippen molar-refractivity contribution in [2.24, 2.45) is 5.92 Å². The third-order valence-corrected chi connectivity index (χ3v) is 6.86. The smallest absolute Gasteiger partial charge is 0.317 e. The fourth-order valence-corrected chi connectivity index (χ4v) is 4.69. The van der Waals surface area contributed by atoms with E-state index in [1.807, 2.05) is 11.8 Å². The van der Waals surface area contributed by atoms with E-state index >= 15 is 0 Å². The van der Waals surface area contributed by atoms with Crippen LogP contribution in [0.1, 0.15) is 31.2 Å². The summed E-state index contributed by atoms with van der Waals surface area (Å²) in [4.78, 5) is 13.2. The summed E-state index contributed by atoms with van der Waals surface area (Å²) in [5, 5.41) is 9.49. The van der Waals surface area contributed by atoms with Gasteiger partial charge in [-0.05, 0) is 56.2 Å². The van der Waals surface area contributed by atoms with Gasteiger partial charge in [0.2, 0.25) is 10.0 Å². The van der Waals surface area contributed by atoms with Crippen LogP contribution in [0.5, 0.6) is 0 Å². The van der Waals surface area contributed by atoms with Crippen LogP contribution in [0.2, 0.25) is 5.02 Å². The van der Waals surface area contributed by atoms with Crippen LogP contribution in [0.3, 0.4) is 0 Å². The van der Waals surface area contributed by atoms with Crippen molar-refractivity contribution in [3.8, 4) is 0 Å². The van der Waals surface area contributed by atoms with E-state index in [0.29, 0.717) is 23.8 Å². The maximum absolute atomic E-state index is 12.5. The van der Waals surface area contributed by atoms with Crippen LogP contribution in [-0.4, -0.2) is 49.6 Å². The lowest BCUT2D eigenvalue weighted by atomic mass is 9.86. The van der Waals surface area contributed by atoms with Crippen LogP contribution >= 0.6 is 11.6 Å². The molecule has 0 radical (unpaired) electrons. The molecule has 0 heterocycles. The normalized spacial score (nSPS) is 23.5. The number of benzene rings is 1. The lowest BCUT2D eigenvalue weighted by Gasteiger charge is -2.42. The number of sulfonamides is 1. The number of aliphatic carboxylic acids is 1. The average molecular weight is 387 g/mol. The highest BCUT2D eigenvalue weighted by Gasteiger charge is 2.38. The number of carboxylic acid groups (broad SMARTS) is 1. The molecule has 2 aliphatic rings. The van der Waals surface area contributed by atoms with Crippen molar-refractivity contribution in [1.29, 1.82) is 0 Å². The first kappa shape index (κ1) is 18.6. The van der Waals surface area contributed by atoms with Crippen molar-refractivity contribution in [2.75, 3.05) is 13.1 Å². The molecule has 0 saturated heterocycles. The minimum atomic E-state index is -3.61. The molecule has 2 saturated carbocycles. The highest BCUT2D eigenvalue weighted by Crippen LogP contribution is 2.34. The molecule has 0 amide bonds. The Balaban J connectivity index is 1.57. The maximum atomic E-state index is 12.5. The van der Waals surface area contributed by atoms with Crippen LogP contribution in [0.4, 0.5) is 0 Å². The first-order valence-electron chi connectivity index (χ1n) is 8.49. The predicted octanol–water partition coefficient (Wildman–Crippen LogP) is 2.25. The molecule has 2 aliphatic carbocycles. The van der Waals surface area contributed by atoms with Crippen LogP contribution in [0.15, 0.2) is 23.1 Å². The Hall–Kier alpha value is -1.15. The number of carboxylic acids is 1. The van der Waals surface area contributed by atoms with Crippen molar-refractivity contribution in [3.05, 3.63) is 28.8 Å². The fraction of sp³-hybridized carbons (Fsp3) is 0.588. The Morgan fingerprint density at radius 3 is 2.60 bits per heavy atom. The lowest BCUT2D eigenvalue weighted by molar-refractivity contribution is -0.139. The zero-order valence-corrected chi connectivity index (χ0v) is 15.7. The second-order valence-corrected chi connectivity index (χ2v) is 9.24. The van der Waals surface area contributed by atoms with E-state index in [9.17, 15) is 13.2 Å². The van der Waals surface area contributed by atoms with Gasteiger partial charge >= 0.3 is 5.97 Å². The van der Waals surface area contributed by atoms with Gasteiger partial charge in [-0.3, -0.25) is 9.69 Å². The summed E-state index contributed by atoms with van der Waals surface area (Å²) >= 11 is 6.02. The summed E-state index contributed by atoms with van der Waals surface area (Å²) < 4.78 is 27.6. The summed E-state index contributed by atoms with van der Waals surface area (Å²) in [5.74, 6) is -0.233. The molecule has 1 aromatic rings. The van der Waals surface area contributed by atoms with E-state index in [2.05, 4.69) is 4.72 Å². The molecule has 0 spiro atoms. The van der Waals surface area contributed by atoms with Gasteiger partial charge in [-0.15, -0.1) is 0 Å². The van der Waals surface area contributed by atoms with Gasteiger partial charge in [0.1, 0.15) is 0 Å². The Bertz CT molecular complexity index is 758. The van der Waals surface area contributed by atoms with Gasteiger partial charge in [-0.25, -0.2) is 13.1 Å². The molecule has 6 nitrogen and oxygen atoms in total. The number of hydrogen-bond donors (Lipinski definition) is 2. The van der Waals surface area contributed by atoms with Crippen molar-refractivity contribution in [2.45, 2.75) is 49.6 Å². The molecule has 3 rings (SSSR count). The summed E-state index contributed by atoms with van der Waals surface area (Å²) in [6, 6.07) is 4.66. The second kappa shape index (κ2) is 7.23. The number of aryl methyl sites for hydroxylation is 1. The minimum Gasteiger partial charge on any atom is -0.480 e. The standard InChI is InChI=1S/C17H23ClN2O4S/c1-11-2-5-15(8-16(11)18)25(23,24)19-13-6-14(7-13)20(10-17(21)22)9-12-3-4-12/h2,5,8,12-14,19H,3-4,6-7,9-10H2,1H3,(H,21,22). The predicted molar refractivity (Wildman–Crippen MR) is 95.3 cm³/mol. The van der Waals surface area contributed by atoms with Gasteiger partial charge < -0.3 is 5.11 Å². The van der Waals surface area contributed by atoms with Gasteiger partial charge in [0.15, 0.2) is 0 Å². The van der Waals surface area contributed by atoms with Gasteiger partial charge in [0.05, 0.1) is 11.4 Å². The molecular formula is C17H23ClN2O4S. The molecule has 25 heavy (non-hydrogen) atoms. The van der Waals surface area contributed by atoms with Crippen molar-refractivity contribution < 1.29 is 18.3 Å². The summed E-state index contributed by atoms with van der Waals surface area (Å²) in [5.41, 5.74) is 0.828.